The van der Waals surface area contributed by atoms with Crippen LogP contribution >= 0.6 is 0 Å². The number of piperidine rings is 1. The Kier molecular flexibility index (Phi) is 28.5. The summed E-state index contributed by atoms with van der Waals surface area (Å²) in [5.74, 6) is -5.98. The van der Waals surface area contributed by atoms with E-state index in [0.29, 0.717) is 39.1 Å². The van der Waals surface area contributed by atoms with Crippen molar-refractivity contribution in [2.24, 2.45) is 17.8 Å². The number of cyclic esters (lactones) is 1. The summed E-state index contributed by atoms with van der Waals surface area (Å²) in [5.41, 5.74) is 0. The van der Waals surface area contributed by atoms with E-state index in [1.807, 2.05) is 49.5 Å². The molecule has 4 fully saturated rings. The van der Waals surface area contributed by atoms with Crippen molar-refractivity contribution in [2.45, 2.75) is 195 Å². The average Bonchev–Trinajstić information content (AvgIpc) is 3.42. The van der Waals surface area contributed by atoms with Crippen molar-refractivity contribution in [2.75, 3.05) is 53.0 Å². The Bertz CT molecular complexity index is 2130. The van der Waals surface area contributed by atoms with Gasteiger partial charge in [0.15, 0.2) is 12.1 Å². The second-order valence-electron chi connectivity index (χ2n) is 22.5. The van der Waals surface area contributed by atoms with E-state index < -0.39 is 153 Å². The lowest BCUT2D eigenvalue weighted by atomic mass is 9.81. The third kappa shape index (κ3) is 21.8. The standard InChI is InChI=1S/C59H94N4O18/c1-37-18-16-14-12-10-8-6-7-9-11-13-15-17-19-45(80-58-56(74)53(55(73)40(4)79-58)61-50(70)36-60-5)33-49-52(57(75)63-24-22-41(23-25-63)62-26-28-77-29-27-62)48(69)35-59(76,81-49)34-44(66)31-47(68)46(67)21-20-42(64)30-43(65)32-51(71)78-39(3)38(2)54(37)72/h6-19,37-49,52-56,58,60,64-69,72-74,76H,20-36H2,1-5H3,(H,61,70)/b7-6+,10-8+,11-9+,14-12+,15-13+,18-16+,19-17+/t37-,38-,39-,40-,42+,43+,44-,45-,46+,47+,48-,49-,52+,53-,54+,55+,56-,58+,59+/m0/s1. The number of morpholine rings is 1. The van der Waals surface area contributed by atoms with Gasteiger partial charge in [-0.25, -0.2) is 0 Å². The number of likely N-dealkylation sites (N-methyl/N-ethyl adjacent to an activating group) is 1. The van der Waals surface area contributed by atoms with E-state index >= 15 is 0 Å². The van der Waals surface area contributed by atoms with Crippen LogP contribution in [-0.4, -0.2) is 235 Å². The highest BCUT2D eigenvalue weighted by Crippen LogP contribution is 2.39. The number of aliphatic hydroxyl groups is 10. The van der Waals surface area contributed by atoms with Crippen LogP contribution in [0.2, 0.25) is 0 Å². The van der Waals surface area contributed by atoms with Gasteiger partial charge in [-0.2, -0.15) is 0 Å². The first-order chi connectivity index (χ1) is 38.6. The molecule has 5 rings (SSSR count). The molecule has 2 amide bonds. The number of allylic oxidation sites excluding steroid dienone is 12. The number of likely N-dealkylation sites (tertiary alicyclic amines) is 1. The minimum atomic E-state index is -2.30. The molecule has 4 saturated heterocycles. The molecule has 458 valence electrons. The highest BCUT2D eigenvalue weighted by Gasteiger charge is 2.52. The summed E-state index contributed by atoms with van der Waals surface area (Å²) in [6, 6.07) is -0.989. The summed E-state index contributed by atoms with van der Waals surface area (Å²) in [6.45, 7) is 10.3. The van der Waals surface area contributed by atoms with E-state index in [1.54, 1.807) is 75.3 Å². The molecule has 0 radical (unpaired) electrons. The smallest absolute Gasteiger partial charge is 0.308 e. The van der Waals surface area contributed by atoms with Gasteiger partial charge in [-0.1, -0.05) is 98.9 Å². The molecule has 0 unspecified atom stereocenters. The molecule has 2 bridgehead atoms. The van der Waals surface area contributed by atoms with Crippen LogP contribution in [0.4, 0.5) is 0 Å². The lowest BCUT2D eigenvalue weighted by Crippen LogP contribution is -2.64. The molecule has 81 heavy (non-hydrogen) atoms. The third-order valence-electron chi connectivity index (χ3n) is 16.0. The maximum atomic E-state index is 14.8. The summed E-state index contributed by atoms with van der Waals surface area (Å²) in [6.07, 6.45) is 5.43. The van der Waals surface area contributed by atoms with E-state index in [2.05, 4.69) is 15.5 Å². The van der Waals surface area contributed by atoms with Crippen LogP contribution in [-0.2, 0) is 38.1 Å². The van der Waals surface area contributed by atoms with Crippen molar-refractivity contribution in [3.63, 3.8) is 0 Å². The number of hydrogen-bond acceptors (Lipinski definition) is 20. The van der Waals surface area contributed by atoms with Crippen molar-refractivity contribution >= 4 is 17.8 Å². The first-order valence-corrected chi connectivity index (χ1v) is 28.9. The molecule has 0 saturated carbocycles. The van der Waals surface area contributed by atoms with Crippen LogP contribution in [0.3, 0.4) is 0 Å². The molecule has 0 spiro atoms. The third-order valence-corrected chi connectivity index (χ3v) is 16.0. The molecule has 0 aliphatic carbocycles. The molecule has 22 heteroatoms. The molecule has 5 aliphatic rings. The number of ether oxygens (including phenoxy) is 5. The predicted molar refractivity (Wildman–Crippen MR) is 299 cm³/mol. The molecule has 5 aliphatic heterocycles. The second kappa shape index (κ2) is 34.0. The molecule has 0 aromatic heterocycles. The average molecular weight is 1150 g/mol. The monoisotopic (exact) mass is 1150 g/mol. The quantitative estimate of drug-likeness (QED) is 0.153. The number of aliphatic hydroxyl groups excluding tert-OH is 9. The first kappa shape index (κ1) is 67.7. The number of amides is 2. The maximum Gasteiger partial charge on any atom is 0.308 e. The van der Waals surface area contributed by atoms with Gasteiger partial charge < -0.3 is 90.3 Å². The number of fused-ring (bicyclic) bond motifs is 2. The fourth-order valence-electron chi connectivity index (χ4n) is 11.1. The number of carbonyl (C=O) groups is 3. The highest BCUT2D eigenvalue weighted by molar-refractivity contribution is 5.80. The molecule has 12 N–H and O–H groups in total. The fourth-order valence-corrected chi connectivity index (χ4v) is 11.1. The highest BCUT2D eigenvalue weighted by atomic mass is 16.7. The van der Waals surface area contributed by atoms with Gasteiger partial charge in [-0.15, -0.1) is 0 Å². The van der Waals surface area contributed by atoms with Crippen molar-refractivity contribution in [1.82, 2.24) is 20.4 Å². The van der Waals surface area contributed by atoms with E-state index in [9.17, 15) is 65.4 Å². The second-order valence-corrected chi connectivity index (χ2v) is 22.5. The zero-order valence-corrected chi connectivity index (χ0v) is 47.7. The molecule has 22 nitrogen and oxygen atoms in total. The topological polar surface area (TPSA) is 330 Å². The number of hydrogen-bond donors (Lipinski definition) is 12. The molecular weight excluding hydrogens is 1050 g/mol. The molecule has 5 heterocycles. The Morgan fingerprint density at radius 1 is 0.667 bits per heavy atom. The molecular formula is C59H94N4O18. The minimum Gasteiger partial charge on any atom is -0.462 e. The SMILES string of the molecule is CNCC(=O)N[C@@H]1[C@H](O)[C@@H](O[C@H]2/C=C/C=C/C=C/C=C/C=C/C=C/C=C/[C@H](C)[C@@H](O)[C@@H](C)[C@H](C)OC(=O)C[C@H](O)C[C@H](O)CC[C@@H](O)[C@H](O)C[C@H](O)C[C@]3(O)C[C@H](O)[C@@H](C(=O)N4CCC(N5CCOCC5)CC4)[C@H](C2)O3)O[C@@H](C)[C@H]1O. The van der Waals surface area contributed by atoms with Crippen LogP contribution < -0.4 is 10.6 Å². The van der Waals surface area contributed by atoms with Gasteiger partial charge in [0.25, 0.3) is 0 Å². The van der Waals surface area contributed by atoms with Crippen LogP contribution in [0, 0.1) is 17.8 Å². The number of carbonyl (C=O) groups excluding carboxylic acids is 3. The molecule has 0 aromatic rings. The van der Waals surface area contributed by atoms with Crippen LogP contribution in [0.15, 0.2) is 85.1 Å². The normalized spacial score (nSPS) is 41.6. The minimum absolute atomic E-state index is 0.104. The Balaban J connectivity index is 1.43. The van der Waals surface area contributed by atoms with Crippen molar-refractivity contribution < 1.29 is 89.1 Å². The molecule has 0 aromatic carbocycles. The summed E-state index contributed by atoms with van der Waals surface area (Å²) < 4.78 is 30.0. The number of rotatable bonds is 7. The Labute approximate surface area is 477 Å². The predicted octanol–water partition coefficient (Wildman–Crippen LogP) is 0.327. The van der Waals surface area contributed by atoms with Crippen molar-refractivity contribution in [1.29, 1.82) is 0 Å². The lowest BCUT2D eigenvalue weighted by molar-refractivity contribution is -0.308. The largest absolute Gasteiger partial charge is 0.462 e. The fraction of sp³-hybridized carbons (Fsp3) is 0.712. The van der Waals surface area contributed by atoms with E-state index in [4.69, 9.17) is 23.7 Å². The Hall–Kier alpha value is -4.05. The number of nitrogens with zero attached hydrogens (tertiary/aromatic N) is 2. The van der Waals surface area contributed by atoms with Crippen molar-refractivity contribution in [3.8, 4) is 0 Å². The van der Waals surface area contributed by atoms with E-state index in [0.717, 1.165) is 13.1 Å². The van der Waals surface area contributed by atoms with Crippen LogP contribution in [0.1, 0.15) is 91.9 Å². The van der Waals surface area contributed by atoms with Gasteiger partial charge in [-0.05, 0) is 53.0 Å². The van der Waals surface area contributed by atoms with Gasteiger partial charge in [0.1, 0.15) is 18.3 Å². The molecule has 19 atom stereocenters. The lowest BCUT2D eigenvalue weighted by Gasteiger charge is -2.48. The van der Waals surface area contributed by atoms with Crippen LogP contribution in [0.5, 0.6) is 0 Å². The zero-order chi connectivity index (χ0) is 59.2. The summed E-state index contributed by atoms with van der Waals surface area (Å²) >= 11 is 0. The first-order valence-electron chi connectivity index (χ1n) is 28.9. The van der Waals surface area contributed by atoms with Gasteiger partial charge >= 0.3 is 5.97 Å². The maximum absolute atomic E-state index is 14.8. The van der Waals surface area contributed by atoms with Gasteiger partial charge in [-0.3, -0.25) is 19.3 Å². The van der Waals surface area contributed by atoms with Gasteiger partial charge in [0, 0.05) is 69.7 Å². The van der Waals surface area contributed by atoms with E-state index in [-0.39, 0.29) is 44.2 Å². The zero-order valence-electron chi connectivity index (χ0n) is 47.7. The van der Waals surface area contributed by atoms with Gasteiger partial charge in [0.05, 0.1) is 99.2 Å². The summed E-state index contributed by atoms with van der Waals surface area (Å²) in [5, 5.41) is 118. The van der Waals surface area contributed by atoms with E-state index in [1.165, 1.54) is 0 Å². The summed E-state index contributed by atoms with van der Waals surface area (Å²) in [4.78, 5) is 44.3. The van der Waals surface area contributed by atoms with Crippen LogP contribution in [0.25, 0.3) is 0 Å². The Morgan fingerprint density at radius 3 is 1.89 bits per heavy atom. The summed E-state index contributed by atoms with van der Waals surface area (Å²) in [7, 11) is 1.57. The number of nitrogens with one attached hydrogen (secondary N) is 2. The van der Waals surface area contributed by atoms with Gasteiger partial charge in [0.2, 0.25) is 11.8 Å². The number of esters is 1. The van der Waals surface area contributed by atoms with Crippen molar-refractivity contribution in [3.05, 3.63) is 85.1 Å². The Morgan fingerprint density at radius 2 is 1.27 bits per heavy atom.